The highest BCUT2D eigenvalue weighted by Gasteiger charge is 2.37. The summed E-state index contributed by atoms with van der Waals surface area (Å²) in [6.45, 7) is 3.85. The maximum atomic E-state index is 13.0. The van der Waals surface area contributed by atoms with Crippen molar-refractivity contribution in [3.05, 3.63) is 71.0 Å². The molecule has 0 unspecified atom stereocenters. The van der Waals surface area contributed by atoms with Crippen molar-refractivity contribution in [1.29, 1.82) is 0 Å². The number of aromatic nitrogens is 3. The van der Waals surface area contributed by atoms with Gasteiger partial charge in [-0.15, -0.1) is 5.10 Å². The molecule has 0 aliphatic rings. The molecule has 1 heterocycles. The zero-order chi connectivity index (χ0) is 23.0. The SMILES string of the molecule is CC(C)c1cnnn1-c1cccc(NC(=O)c2cc(C(F)(F)F)cc(C(F)(F)F)c2)c1. The zero-order valence-electron chi connectivity index (χ0n) is 16.2. The maximum Gasteiger partial charge on any atom is 0.416 e. The van der Waals surface area contributed by atoms with Gasteiger partial charge in [0.15, 0.2) is 0 Å². The molecular formula is C20H16F6N4O. The Morgan fingerprint density at radius 2 is 1.58 bits per heavy atom. The molecule has 164 valence electrons. The fourth-order valence-electron chi connectivity index (χ4n) is 2.84. The Bertz CT molecular complexity index is 1070. The van der Waals surface area contributed by atoms with Crippen molar-refractivity contribution in [3.8, 4) is 5.69 Å². The van der Waals surface area contributed by atoms with Gasteiger partial charge in [0.1, 0.15) is 0 Å². The minimum absolute atomic E-state index is 0.0322. The molecular weight excluding hydrogens is 426 g/mol. The van der Waals surface area contributed by atoms with E-state index in [0.29, 0.717) is 17.8 Å². The number of carbonyl (C=O) groups excluding carboxylic acids is 1. The predicted octanol–water partition coefficient (Wildman–Crippen LogP) is 5.68. The van der Waals surface area contributed by atoms with Gasteiger partial charge < -0.3 is 5.32 Å². The first-order chi connectivity index (χ1) is 14.4. The Morgan fingerprint density at radius 1 is 0.968 bits per heavy atom. The summed E-state index contributed by atoms with van der Waals surface area (Å²) in [6.07, 6.45) is -8.52. The maximum absolute atomic E-state index is 13.0. The topological polar surface area (TPSA) is 59.8 Å². The van der Waals surface area contributed by atoms with Gasteiger partial charge in [0.2, 0.25) is 0 Å². The summed E-state index contributed by atoms with van der Waals surface area (Å²) >= 11 is 0. The molecule has 1 amide bonds. The van der Waals surface area contributed by atoms with E-state index < -0.39 is 35.0 Å². The summed E-state index contributed by atoms with van der Waals surface area (Å²) in [4.78, 5) is 12.5. The van der Waals surface area contributed by atoms with E-state index in [1.165, 1.54) is 16.8 Å². The van der Waals surface area contributed by atoms with Gasteiger partial charge in [-0.1, -0.05) is 25.1 Å². The van der Waals surface area contributed by atoms with Crippen molar-refractivity contribution in [2.24, 2.45) is 0 Å². The van der Waals surface area contributed by atoms with E-state index in [-0.39, 0.29) is 17.7 Å². The number of halogens is 6. The lowest BCUT2D eigenvalue weighted by atomic mass is 10.0. The van der Waals surface area contributed by atoms with Crippen LogP contribution in [0.1, 0.15) is 46.9 Å². The molecule has 0 saturated heterocycles. The molecule has 0 fully saturated rings. The monoisotopic (exact) mass is 442 g/mol. The van der Waals surface area contributed by atoms with Crippen LogP contribution in [0.25, 0.3) is 5.69 Å². The van der Waals surface area contributed by atoms with Crippen LogP contribution in [0.2, 0.25) is 0 Å². The van der Waals surface area contributed by atoms with E-state index in [0.717, 1.165) is 5.69 Å². The summed E-state index contributed by atoms with van der Waals surface area (Å²) in [5, 5.41) is 10.1. The lowest BCUT2D eigenvalue weighted by molar-refractivity contribution is -0.143. The Labute approximate surface area is 172 Å². The van der Waals surface area contributed by atoms with Crippen LogP contribution in [0, 0.1) is 0 Å². The second-order valence-corrected chi connectivity index (χ2v) is 7.02. The summed E-state index contributed by atoms with van der Waals surface area (Å²) in [6, 6.07) is 6.88. The Hall–Kier alpha value is -3.37. The molecule has 3 rings (SSSR count). The molecule has 3 aromatic rings. The minimum atomic E-state index is -5.05. The molecule has 0 bridgehead atoms. The third kappa shape index (κ3) is 5.04. The van der Waals surface area contributed by atoms with Gasteiger partial charge in [-0.25, -0.2) is 4.68 Å². The van der Waals surface area contributed by atoms with Gasteiger partial charge in [0.05, 0.1) is 28.7 Å². The molecule has 0 spiro atoms. The molecule has 0 atom stereocenters. The van der Waals surface area contributed by atoms with Gasteiger partial charge in [0, 0.05) is 11.3 Å². The summed E-state index contributed by atoms with van der Waals surface area (Å²) in [5.41, 5.74) is -2.44. The number of rotatable bonds is 4. The minimum Gasteiger partial charge on any atom is -0.322 e. The molecule has 0 saturated carbocycles. The zero-order valence-corrected chi connectivity index (χ0v) is 16.2. The average molecular weight is 442 g/mol. The number of amides is 1. The van der Waals surface area contributed by atoms with Crippen LogP contribution in [-0.2, 0) is 12.4 Å². The largest absolute Gasteiger partial charge is 0.416 e. The molecule has 2 aromatic carbocycles. The number of alkyl halides is 6. The van der Waals surface area contributed by atoms with Gasteiger partial charge >= 0.3 is 12.4 Å². The van der Waals surface area contributed by atoms with Gasteiger partial charge in [0.25, 0.3) is 5.91 Å². The van der Waals surface area contributed by atoms with Crippen molar-refractivity contribution in [2.45, 2.75) is 32.1 Å². The highest BCUT2D eigenvalue weighted by molar-refractivity contribution is 6.04. The third-order valence-electron chi connectivity index (χ3n) is 4.37. The van der Waals surface area contributed by atoms with Crippen LogP contribution in [0.4, 0.5) is 32.0 Å². The van der Waals surface area contributed by atoms with E-state index in [1.807, 2.05) is 13.8 Å². The summed E-state index contributed by atoms with van der Waals surface area (Å²) in [7, 11) is 0. The van der Waals surface area contributed by atoms with Crippen molar-refractivity contribution < 1.29 is 31.1 Å². The van der Waals surface area contributed by atoms with Crippen molar-refractivity contribution >= 4 is 11.6 Å². The van der Waals surface area contributed by atoms with Crippen LogP contribution >= 0.6 is 0 Å². The third-order valence-corrected chi connectivity index (χ3v) is 4.37. The molecule has 1 N–H and O–H groups in total. The Kier molecular flexibility index (Phi) is 5.79. The number of benzene rings is 2. The quantitative estimate of drug-likeness (QED) is 0.529. The van der Waals surface area contributed by atoms with Gasteiger partial charge in [-0.3, -0.25) is 4.79 Å². The molecule has 1 aromatic heterocycles. The first kappa shape index (κ1) is 22.3. The van der Waals surface area contributed by atoms with Gasteiger partial charge in [-0.2, -0.15) is 26.3 Å². The predicted molar refractivity (Wildman–Crippen MR) is 99.8 cm³/mol. The summed E-state index contributed by atoms with van der Waals surface area (Å²) < 4.78 is 79.7. The second-order valence-electron chi connectivity index (χ2n) is 7.02. The molecule has 0 aliphatic carbocycles. The number of hydrogen-bond acceptors (Lipinski definition) is 3. The first-order valence-corrected chi connectivity index (χ1v) is 8.98. The van der Waals surface area contributed by atoms with Crippen LogP contribution in [0.5, 0.6) is 0 Å². The number of carbonyl (C=O) groups is 1. The first-order valence-electron chi connectivity index (χ1n) is 8.98. The lowest BCUT2D eigenvalue weighted by Gasteiger charge is -2.14. The van der Waals surface area contributed by atoms with E-state index in [4.69, 9.17) is 0 Å². The number of anilines is 1. The van der Waals surface area contributed by atoms with Gasteiger partial charge in [-0.05, 0) is 42.3 Å². The van der Waals surface area contributed by atoms with Crippen LogP contribution in [0.15, 0.2) is 48.7 Å². The number of hydrogen-bond donors (Lipinski definition) is 1. The van der Waals surface area contributed by atoms with Crippen molar-refractivity contribution in [1.82, 2.24) is 15.0 Å². The smallest absolute Gasteiger partial charge is 0.322 e. The second kappa shape index (κ2) is 8.05. The highest BCUT2D eigenvalue weighted by atomic mass is 19.4. The fourth-order valence-corrected chi connectivity index (χ4v) is 2.84. The van der Waals surface area contributed by atoms with Crippen LogP contribution in [-0.4, -0.2) is 20.9 Å². The number of nitrogens with zero attached hydrogens (tertiary/aromatic N) is 3. The van der Waals surface area contributed by atoms with E-state index in [1.54, 1.807) is 18.3 Å². The fraction of sp³-hybridized carbons (Fsp3) is 0.250. The summed E-state index contributed by atoms with van der Waals surface area (Å²) in [5.74, 6) is -1.03. The standard InChI is InChI=1S/C20H16F6N4O/c1-11(2)17-10-27-29-30(17)16-5-3-4-15(9-16)28-18(31)12-6-13(19(21,22)23)8-14(7-12)20(24,25)26/h3-11H,1-2H3,(H,28,31). The Morgan fingerprint density at radius 3 is 2.13 bits per heavy atom. The van der Waals surface area contributed by atoms with Crippen molar-refractivity contribution in [3.63, 3.8) is 0 Å². The van der Waals surface area contributed by atoms with Crippen molar-refractivity contribution in [2.75, 3.05) is 5.32 Å². The van der Waals surface area contributed by atoms with E-state index in [9.17, 15) is 31.1 Å². The normalized spacial score (nSPS) is 12.3. The van der Waals surface area contributed by atoms with Crippen LogP contribution in [0.3, 0.4) is 0 Å². The number of nitrogens with one attached hydrogen (secondary N) is 1. The van der Waals surface area contributed by atoms with E-state index >= 15 is 0 Å². The van der Waals surface area contributed by atoms with Crippen LogP contribution < -0.4 is 5.32 Å². The molecule has 11 heteroatoms. The Balaban J connectivity index is 1.94. The average Bonchev–Trinajstić information content (AvgIpc) is 3.17. The lowest BCUT2D eigenvalue weighted by Crippen LogP contribution is -2.17. The van der Waals surface area contributed by atoms with E-state index in [2.05, 4.69) is 15.6 Å². The molecule has 0 aliphatic heterocycles. The highest BCUT2D eigenvalue weighted by Crippen LogP contribution is 2.36. The molecule has 31 heavy (non-hydrogen) atoms. The molecule has 5 nitrogen and oxygen atoms in total. The molecule has 0 radical (unpaired) electrons.